The smallest absolute Gasteiger partial charge is 0.302 e. The average Bonchev–Trinajstić information content (AvgIpc) is 2.86. The Balaban J connectivity index is 1.66. The molecule has 0 heterocycles. The highest BCUT2D eigenvalue weighted by Crippen LogP contribution is 2.66. The third kappa shape index (κ3) is 2.44. The minimum atomic E-state index is -0.131. The van der Waals surface area contributed by atoms with Gasteiger partial charge in [-0.15, -0.1) is 0 Å². The summed E-state index contributed by atoms with van der Waals surface area (Å²) in [5.41, 5.74) is 1.79. The third-order valence-corrected chi connectivity index (χ3v) is 8.50. The molecule has 7 atom stereocenters. The highest BCUT2D eigenvalue weighted by molar-refractivity contribution is 5.91. The molecule has 0 spiro atoms. The van der Waals surface area contributed by atoms with Gasteiger partial charge in [0.1, 0.15) is 6.10 Å². The molecule has 4 rings (SSSR count). The van der Waals surface area contributed by atoms with E-state index >= 15 is 0 Å². The molecule has 4 aliphatic carbocycles. The van der Waals surface area contributed by atoms with Crippen molar-refractivity contribution in [2.75, 3.05) is 0 Å². The van der Waals surface area contributed by atoms with Crippen molar-refractivity contribution in [2.24, 2.45) is 34.5 Å². The molecule has 3 saturated carbocycles. The average molecular weight is 344 g/mol. The van der Waals surface area contributed by atoms with Crippen LogP contribution in [0.1, 0.15) is 72.6 Å². The lowest BCUT2D eigenvalue weighted by Crippen LogP contribution is -2.53. The molecule has 3 fully saturated rings. The molecule has 0 N–H and O–H groups in total. The molecule has 0 aromatic heterocycles. The SMILES string of the molecule is CC(=O)OC1CC[C@H]2[C@@H]3CC(C)C4=CC(=O)CC[C@]4(C)[C@@H]3CC[C@]12C. The Morgan fingerprint density at radius 3 is 2.64 bits per heavy atom. The Morgan fingerprint density at radius 1 is 1.16 bits per heavy atom. The molecule has 0 bridgehead atoms. The second-order valence-corrected chi connectivity index (χ2v) is 9.72. The number of fused-ring (bicyclic) bond motifs is 5. The molecule has 0 aromatic carbocycles. The van der Waals surface area contributed by atoms with Crippen LogP contribution in [0.3, 0.4) is 0 Å². The molecule has 138 valence electrons. The highest BCUT2D eigenvalue weighted by Gasteiger charge is 2.60. The normalized spacial score (nSPS) is 48.9. The van der Waals surface area contributed by atoms with Crippen LogP contribution in [-0.4, -0.2) is 17.9 Å². The van der Waals surface area contributed by atoms with Gasteiger partial charge in [0.05, 0.1) is 0 Å². The van der Waals surface area contributed by atoms with E-state index in [1.165, 1.54) is 24.8 Å². The Labute approximate surface area is 151 Å². The number of esters is 1. The van der Waals surface area contributed by atoms with E-state index in [0.717, 1.165) is 19.3 Å². The molecule has 0 aliphatic heterocycles. The summed E-state index contributed by atoms with van der Waals surface area (Å²) in [6.45, 7) is 8.67. The lowest BCUT2D eigenvalue weighted by molar-refractivity contribution is -0.157. The summed E-state index contributed by atoms with van der Waals surface area (Å²) in [6, 6.07) is 0. The van der Waals surface area contributed by atoms with E-state index in [4.69, 9.17) is 4.74 Å². The summed E-state index contributed by atoms with van der Waals surface area (Å²) in [5, 5.41) is 0. The van der Waals surface area contributed by atoms with Crippen LogP contribution in [0.4, 0.5) is 0 Å². The van der Waals surface area contributed by atoms with Gasteiger partial charge in [0.25, 0.3) is 0 Å². The molecule has 0 amide bonds. The predicted molar refractivity (Wildman–Crippen MR) is 96.8 cm³/mol. The van der Waals surface area contributed by atoms with E-state index in [2.05, 4.69) is 20.8 Å². The van der Waals surface area contributed by atoms with Crippen molar-refractivity contribution in [3.8, 4) is 0 Å². The minimum Gasteiger partial charge on any atom is -0.462 e. The van der Waals surface area contributed by atoms with Crippen molar-refractivity contribution in [3.63, 3.8) is 0 Å². The molecule has 3 heteroatoms. The Bertz CT molecular complexity index is 635. The van der Waals surface area contributed by atoms with Crippen LogP contribution in [-0.2, 0) is 14.3 Å². The van der Waals surface area contributed by atoms with Crippen LogP contribution in [0.15, 0.2) is 11.6 Å². The van der Waals surface area contributed by atoms with Crippen molar-refractivity contribution in [3.05, 3.63) is 11.6 Å². The van der Waals surface area contributed by atoms with Crippen LogP contribution < -0.4 is 0 Å². The summed E-state index contributed by atoms with van der Waals surface area (Å²) >= 11 is 0. The fourth-order valence-electron chi connectivity index (χ4n) is 7.33. The lowest BCUT2D eigenvalue weighted by Gasteiger charge is -2.59. The first-order valence-electron chi connectivity index (χ1n) is 10.2. The van der Waals surface area contributed by atoms with Crippen LogP contribution in [0.2, 0.25) is 0 Å². The number of allylic oxidation sites excluding steroid dienone is 1. The first kappa shape index (κ1) is 17.3. The monoisotopic (exact) mass is 344 g/mol. The maximum Gasteiger partial charge on any atom is 0.302 e. The van der Waals surface area contributed by atoms with Gasteiger partial charge in [-0.2, -0.15) is 0 Å². The van der Waals surface area contributed by atoms with Crippen LogP contribution in [0.5, 0.6) is 0 Å². The molecule has 2 unspecified atom stereocenters. The van der Waals surface area contributed by atoms with Crippen LogP contribution >= 0.6 is 0 Å². The Hall–Kier alpha value is -1.12. The summed E-state index contributed by atoms with van der Waals surface area (Å²) in [6.07, 6.45) is 9.62. The second kappa shape index (κ2) is 5.69. The Morgan fingerprint density at radius 2 is 1.92 bits per heavy atom. The van der Waals surface area contributed by atoms with Gasteiger partial charge in [0.2, 0.25) is 0 Å². The molecular weight excluding hydrogens is 312 g/mol. The van der Waals surface area contributed by atoms with Crippen LogP contribution in [0.25, 0.3) is 0 Å². The molecule has 3 nitrogen and oxygen atoms in total. The van der Waals surface area contributed by atoms with Gasteiger partial charge in [-0.05, 0) is 73.7 Å². The quantitative estimate of drug-likeness (QED) is 0.648. The van der Waals surface area contributed by atoms with E-state index in [1.807, 2.05) is 6.08 Å². The summed E-state index contributed by atoms with van der Waals surface area (Å²) in [7, 11) is 0. The zero-order valence-corrected chi connectivity index (χ0v) is 16.1. The van der Waals surface area contributed by atoms with Gasteiger partial charge in [-0.1, -0.05) is 26.3 Å². The summed E-state index contributed by atoms with van der Waals surface area (Å²) in [4.78, 5) is 23.6. The van der Waals surface area contributed by atoms with Crippen molar-refractivity contribution < 1.29 is 14.3 Å². The predicted octanol–water partition coefficient (Wildman–Crippen LogP) is 4.70. The van der Waals surface area contributed by atoms with E-state index in [9.17, 15) is 9.59 Å². The van der Waals surface area contributed by atoms with Gasteiger partial charge < -0.3 is 4.74 Å². The molecule has 25 heavy (non-hydrogen) atoms. The number of ether oxygens (including phenoxy) is 1. The van der Waals surface area contributed by atoms with E-state index in [-0.39, 0.29) is 22.9 Å². The Kier molecular flexibility index (Phi) is 3.94. The van der Waals surface area contributed by atoms with Crippen molar-refractivity contribution in [1.29, 1.82) is 0 Å². The molecular formula is C22H32O3. The highest BCUT2D eigenvalue weighted by atomic mass is 16.5. The molecule has 0 aromatic rings. The minimum absolute atomic E-state index is 0.101. The zero-order valence-electron chi connectivity index (χ0n) is 16.1. The van der Waals surface area contributed by atoms with Crippen molar-refractivity contribution >= 4 is 11.8 Å². The van der Waals surface area contributed by atoms with Crippen LogP contribution in [0, 0.1) is 34.5 Å². The largest absolute Gasteiger partial charge is 0.462 e. The fraction of sp³-hybridized carbons (Fsp3) is 0.818. The van der Waals surface area contributed by atoms with Gasteiger partial charge in [-0.25, -0.2) is 0 Å². The van der Waals surface area contributed by atoms with E-state index in [1.54, 1.807) is 6.92 Å². The van der Waals surface area contributed by atoms with Crippen molar-refractivity contribution in [2.45, 2.75) is 78.7 Å². The second-order valence-electron chi connectivity index (χ2n) is 9.72. The maximum atomic E-state index is 12.0. The zero-order chi connectivity index (χ0) is 18.0. The van der Waals surface area contributed by atoms with Gasteiger partial charge >= 0.3 is 5.97 Å². The van der Waals surface area contributed by atoms with E-state index < -0.39 is 0 Å². The van der Waals surface area contributed by atoms with Crippen molar-refractivity contribution in [1.82, 2.24) is 0 Å². The van der Waals surface area contributed by atoms with E-state index in [0.29, 0.717) is 35.9 Å². The first-order chi connectivity index (χ1) is 11.8. The number of hydrogen-bond donors (Lipinski definition) is 0. The third-order valence-electron chi connectivity index (χ3n) is 8.50. The number of carbonyl (C=O) groups is 2. The molecule has 4 aliphatic rings. The fourth-order valence-corrected chi connectivity index (χ4v) is 7.33. The lowest BCUT2D eigenvalue weighted by atomic mass is 9.45. The topological polar surface area (TPSA) is 43.4 Å². The number of hydrogen-bond acceptors (Lipinski definition) is 3. The molecule has 0 radical (unpaired) electrons. The van der Waals surface area contributed by atoms with Gasteiger partial charge in [0, 0.05) is 18.8 Å². The number of carbonyl (C=O) groups excluding carboxylic acids is 2. The number of rotatable bonds is 1. The molecule has 0 saturated heterocycles. The standard InChI is InChI=1S/C22H32O3/c1-13-11-16-17-5-6-20(25-14(2)23)22(17,4)10-8-18(16)21(3)9-7-15(24)12-19(13)21/h12-13,16-18,20H,5-11H2,1-4H3/t13?,16-,17-,18+,20?,21+,22-/m0/s1. The number of ketones is 1. The van der Waals surface area contributed by atoms with Gasteiger partial charge in [-0.3, -0.25) is 9.59 Å². The summed E-state index contributed by atoms with van der Waals surface area (Å²) < 4.78 is 5.74. The van der Waals surface area contributed by atoms with Gasteiger partial charge in [0.15, 0.2) is 5.78 Å². The summed E-state index contributed by atoms with van der Waals surface area (Å²) in [5.74, 6) is 2.77. The first-order valence-corrected chi connectivity index (χ1v) is 10.2. The maximum absolute atomic E-state index is 12.0.